The van der Waals surface area contributed by atoms with Gasteiger partial charge in [-0.1, -0.05) is 30.3 Å². The topological polar surface area (TPSA) is 84.5 Å². The summed E-state index contributed by atoms with van der Waals surface area (Å²) in [7, 11) is -3.58. The van der Waals surface area contributed by atoms with Crippen LogP contribution in [0, 0.1) is 0 Å². The van der Waals surface area contributed by atoms with Gasteiger partial charge in [0, 0.05) is 18.2 Å². The molecule has 0 aliphatic rings. The molecule has 0 spiro atoms. The summed E-state index contributed by atoms with van der Waals surface area (Å²) in [6.07, 6.45) is 0. The lowest BCUT2D eigenvalue weighted by atomic mass is 10.2. The standard InChI is InChI=1S/C23H24N2O4S/c1-17(2)25-30(27,28)22-10-6-7-18(15-22)16-24-23(26)19-11-13-21(14-12-19)29-20-8-4-3-5-9-20/h3-15,17,25H,16H2,1-2H3,(H,24,26). The van der Waals surface area contributed by atoms with E-state index in [2.05, 4.69) is 10.0 Å². The third-order valence-corrected chi connectivity index (χ3v) is 5.80. The molecule has 0 radical (unpaired) electrons. The van der Waals surface area contributed by atoms with E-state index in [1.54, 1.807) is 56.3 Å². The number of sulfonamides is 1. The molecular weight excluding hydrogens is 400 g/mol. The molecule has 0 fully saturated rings. The highest BCUT2D eigenvalue weighted by Crippen LogP contribution is 2.21. The van der Waals surface area contributed by atoms with Crippen molar-refractivity contribution in [3.63, 3.8) is 0 Å². The molecule has 1 amide bonds. The summed E-state index contributed by atoms with van der Waals surface area (Å²) in [5.74, 6) is 1.10. The number of hydrogen-bond acceptors (Lipinski definition) is 4. The highest BCUT2D eigenvalue weighted by molar-refractivity contribution is 7.89. The number of carbonyl (C=O) groups is 1. The maximum atomic E-state index is 12.4. The fourth-order valence-corrected chi connectivity index (χ4v) is 4.11. The minimum absolute atomic E-state index is 0.172. The van der Waals surface area contributed by atoms with Gasteiger partial charge in [0.25, 0.3) is 5.91 Å². The molecule has 0 aliphatic carbocycles. The monoisotopic (exact) mass is 424 g/mol. The van der Waals surface area contributed by atoms with Crippen LogP contribution in [0.15, 0.2) is 83.8 Å². The average molecular weight is 425 g/mol. The van der Waals surface area contributed by atoms with Crippen LogP contribution in [-0.4, -0.2) is 20.4 Å². The molecule has 0 unspecified atom stereocenters. The molecule has 0 aromatic heterocycles. The van der Waals surface area contributed by atoms with Crippen LogP contribution in [-0.2, 0) is 16.6 Å². The lowest BCUT2D eigenvalue weighted by molar-refractivity contribution is 0.0951. The van der Waals surface area contributed by atoms with Crippen molar-refractivity contribution in [3.05, 3.63) is 90.0 Å². The molecule has 30 heavy (non-hydrogen) atoms. The van der Waals surface area contributed by atoms with Crippen LogP contribution in [0.5, 0.6) is 11.5 Å². The summed E-state index contributed by atoms with van der Waals surface area (Å²) in [4.78, 5) is 12.6. The molecule has 156 valence electrons. The summed E-state index contributed by atoms with van der Waals surface area (Å²) in [5, 5.41) is 2.81. The number of para-hydroxylation sites is 1. The Morgan fingerprint density at radius 3 is 2.23 bits per heavy atom. The Hall–Kier alpha value is -3.16. The number of benzene rings is 3. The van der Waals surface area contributed by atoms with E-state index in [9.17, 15) is 13.2 Å². The maximum Gasteiger partial charge on any atom is 0.251 e. The van der Waals surface area contributed by atoms with Gasteiger partial charge >= 0.3 is 0 Å². The van der Waals surface area contributed by atoms with Gasteiger partial charge in [-0.25, -0.2) is 13.1 Å². The van der Waals surface area contributed by atoms with E-state index in [1.807, 2.05) is 30.3 Å². The van der Waals surface area contributed by atoms with Gasteiger partial charge in [0.1, 0.15) is 11.5 Å². The highest BCUT2D eigenvalue weighted by atomic mass is 32.2. The van der Waals surface area contributed by atoms with Gasteiger partial charge in [0.05, 0.1) is 4.90 Å². The fraction of sp³-hybridized carbons (Fsp3) is 0.174. The molecule has 0 heterocycles. The second kappa shape index (κ2) is 9.56. The first-order valence-electron chi connectivity index (χ1n) is 9.56. The van der Waals surface area contributed by atoms with Gasteiger partial charge in [-0.15, -0.1) is 0 Å². The molecule has 0 saturated carbocycles. The average Bonchev–Trinajstić information content (AvgIpc) is 2.73. The van der Waals surface area contributed by atoms with Gasteiger partial charge in [0.15, 0.2) is 0 Å². The summed E-state index contributed by atoms with van der Waals surface area (Å²) >= 11 is 0. The molecule has 0 atom stereocenters. The predicted molar refractivity (Wildman–Crippen MR) is 116 cm³/mol. The third-order valence-electron chi connectivity index (χ3n) is 4.15. The van der Waals surface area contributed by atoms with E-state index >= 15 is 0 Å². The SMILES string of the molecule is CC(C)NS(=O)(=O)c1cccc(CNC(=O)c2ccc(Oc3ccccc3)cc2)c1. The third kappa shape index (κ3) is 5.92. The Balaban J connectivity index is 1.61. The van der Waals surface area contributed by atoms with Crippen molar-refractivity contribution in [2.45, 2.75) is 31.3 Å². The second-order valence-electron chi connectivity index (χ2n) is 7.05. The Labute approximate surface area is 177 Å². The number of hydrogen-bond donors (Lipinski definition) is 2. The van der Waals surface area contributed by atoms with E-state index in [0.29, 0.717) is 16.9 Å². The smallest absolute Gasteiger partial charge is 0.251 e. The Kier molecular flexibility index (Phi) is 6.87. The van der Waals surface area contributed by atoms with Gasteiger partial charge in [0.2, 0.25) is 10.0 Å². The molecule has 3 aromatic rings. The molecule has 3 aromatic carbocycles. The van der Waals surface area contributed by atoms with Crippen LogP contribution in [0.2, 0.25) is 0 Å². The quantitative estimate of drug-likeness (QED) is 0.570. The Morgan fingerprint density at radius 1 is 0.900 bits per heavy atom. The van der Waals surface area contributed by atoms with E-state index in [1.165, 1.54) is 6.07 Å². The fourth-order valence-electron chi connectivity index (χ4n) is 2.78. The number of nitrogens with one attached hydrogen (secondary N) is 2. The molecule has 0 aliphatic heterocycles. The van der Waals surface area contributed by atoms with Crippen molar-refractivity contribution < 1.29 is 17.9 Å². The normalized spacial score (nSPS) is 11.3. The Bertz CT molecular complexity index is 1100. The molecular formula is C23H24N2O4S. The van der Waals surface area contributed by atoms with E-state index in [-0.39, 0.29) is 23.4 Å². The minimum Gasteiger partial charge on any atom is -0.457 e. The van der Waals surface area contributed by atoms with Gasteiger partial charge in [-0.2, -0.15) is 0 Å². The molecule has 7 heteroatoms. The number of amides is 1. The van der Waals surface area contributed by atoms with E-state index in [0.717, 1.165) is 5.75 Å². The summed E-state index contributed by atoms with van der Waals surface area (Å²) in [6, 6.07) is 22.5. The van der Waals surface area contributed by atoms with Crippen LogP contribution in [0.3, 0.4) is 0 Å². The number of ether oxygens (including phenoxy) is 1. The van der Waals surface area contributed by atoms with Crippen LogP contribution >= 0.6 is 0 Å². The zero-order valence-corrected chi connectivity index (χ0v) is 17.6. The van der Waals surface area contributed by atoms with Crippen molar-refractivity contribution in [2.24, 2.45) is 0 Å². The van der Waals surface area contributed by atoms with Crippen molar-refractivity contribution >= 4 is 15.9 Å². The van der Waals surface area contributed by atoms with Crippen molar-refractivity contribution in [1.29, 1.82) is 0 Å². The van der Waals surface area contributed by atoms with Crippen molar-refractivity contribution in [3.8, 4) is 11.5 Å². The van der Waals surface area contributed by atoms with Crippen LogP contribution in [0.4, 0.5) is 0 Å². The van der Waals surface area contributed by atoms with Gasteiger partial charge in [-0.3, -0.25) is 4.79 Å². The summed E-state index contributed by atoms with van der Waals surface area (Å²) < 4.78 is 32.9. The molecule has 0 bridgehead atoms. The lowest BCUT2D eigenvalue weighted by Gasteiger charge is -2.11. The largest absolute Gasteiger partial charge is 0.457 e. The summed E-state index contributed by atoms with van der Waals surface area (Å²) in [5.41, 5.74) is 1.18. The number of rotatable bonds is 8. The predicted octanol–water partition coefficient (Wildman–Crippen LogP) is 4.10. The first-order valence-corrected chi connectivity index (χ1v) is 11.0. The summed E-state index contributed by atoms with van der Waals surface area (Å²) in [6.45, 7) is 3.74. The lowest BCUT2D eigenvalue weighted by Crippen LogP contribution is -2.30. The Morgan fingerprint density at radius 2 is 1.57 bits per heavy atom. The molecule has 2 N–H and O–H groups in total. The zero-order chi connectivity index (χ0) is 21.6. The maximum absolute atomic E-state index is 12.4. The number of carbonyl (C=O) groups excluding carboxylic acids is 1. The minimum atomic E-state index is -3.58. The molecule has 3 rings (SSSR count). The zero-order valence-electron chi connectivity index (χ0n) is 16.8. The first kappa shape index (κ1) is 21.5. The first-order chi connectivity index (χ1) is 14.3. The second-order valence-corrected chi connectivity index (χ2v) is 8.76. The molecule has 6 nitrogen and oxygen atoms in total. The van der Waals surface area contributed by atoms with Gasteiger partial charge < -0.3 is 10.1 Å². The highest BCUT2D eigenvalue weighted by Gasteiger charge is 2.15. The van der Waals surface area contributed by atoms with Crippen LogP contribution in [0.25, 0.3) is 0 Å². The van der Waals surface area contributed by atoms with Crippen LogP contribution in [0.1, 0.15) is 29.8 Å². The van der Waals surface area contributed by atoms with Crippen molar-refractivity contribution in [1.82, 2.24) is 10.0 Å². The van der Waals surface area contributed by atoms with E-state index < -0.39 is 10.0 Å². The van der Waals surface area contributed by atoms with Crippen LogP contribution < -0.4 is 14.8 Å². The van der Waals surface area contributed by atoms with Gasteiger partial charge in [-0.05, 0) is 67.9 Å². The van der Waals surface area contributed by atoms with E-state index in [4.69, 9.17) is 4.74 Å². The molecule has 0 saturated heterocycles. The van der Waals surface area contributed by atoms with Crippen molar-refractivity contribution in [2.75, 3.05) is 0 Å².